The van der Waals surface area contributed by atoms with Crippen molar-refractivity contribution in [3.05, 3.63) is 35.9 Å². The zero-order valence-electron chi connectivity index (χ0n) is 17.5. The van der Waals surface area contributed by atoms with Crippen molar-refractivity contribution in [2.75, 3.05) is 19.7 Å². The predicted molar refractivity (Wildman–Crippen MR) is 106 cm³/mol. The Morgan fingerprint density at radius 3 is 2.45 bits per heavy atom. The molecule has 1 aromatic carbocycles. The minimum atomic E-state index is -0.674. The predicted octanol–water partition coefficient (Wildman–Crippen LogP) is 3.10. The highest BCUT2D eigenvalue weighted by atomic mass is 16.6. The average Bonchev–Trinajstić information content (AvgIpc) is 2.65. The number of piperidine rings is 1. The monoisotopic (exact) mass is 406 g/mol. The highest BCUT2D eigenvalue weighted by Gasteiger charge is 2.38. The van der Waals surface area contributed by atoms with Gasteiger partial charge in [-0.3, -0.25) is 4.79 Å². The number of likely N-dealkylation sites (tertiary alicyclic amines) is 1. The molecule has 0 aliphatic carbocycles. The number of esters is 1. The van der Waals surface area contributed by atoms with Gasteiger partial charge in [-0.1, -0.05) is 30.3 Å². The first-order valence-electron chi connectivity index (χ1n) is 9.81. The number of carbonyl (C=O) groups excluding carboxylic acids is 3. The Morgan fingerprint density at radius 2 is 1.83 bits per heavy atom. The molecule has 0 bridgehead atoms. The maximum Gasteiger partial charge on any atom is 0.410 e. The Kier molecular flexibility index (Phi) is 7.87. The topological polar surface area (TPSA) is 94.2 Å². The molecule has 8 heteroatoms. The first-order chi connectivity index (χ1) is 13.7. The highest BCUT2D eigenvalue weighted by molar-refractivity contribution is 5.76. The molecule has 0 unspecified atom stereocenters. The fourth-order valence-electron chi connectivity index (χ4n) is 3.07. The lowest BCUT2D eigenvalue weighted by molar-refractivity contribution is -0.150. The molecule has 1 heterocycles. The summed E-state index contributed by atoms with van der Waals surface area (Å²) < 4.78 is 15.8. The molecule has 2 amide bonds. The maximum atomic E-state index is 12.5. The van der Waals surface area contributed by atoms with Gasteiger partial charge in [0.05, 0.1) is 18.6 Å². The molecule has 1 aliphatic heterocycles. The summed E-state index contributed by atoms with van der Waals surface area (Å²) in [6, 6.07) is 8.74. The number of hydrogen-bond acceptors (Lipinski definition) is 6. The van der Waals surface area contributed by atoms with E-state index >= 15 is 0 Å². The van der Waals surface area contributed by atoms with Crippen LogP contribution in [0.3, 0.4) is 0 Å². The van der Waals surface area contributed by atoms with Crippen LogP contribution in [0.1, 0.15) is 39.7 Å². The number of carbonyl (C=O) groups is 3. The molecule has 0 aromatic heterocycles. The number of nitrogens with one attached hydrogen (secondary N) is 1. The molecule has 1 aromatic rings. The van der Waals surface area contributed by atoms with Gasteiger partial charge in [0.1, 0.15) is 12.2 Å². The lowest BCUT2D eigenvalue weighted by atomic mass is 9.92. The molecule has 0 radical (unpaired) electrons. The molecule has 160 valence electrons. The third kappa shape index (κ3) is 7.29. The summed E-state index contributed by atoms with van der Waals surface area (Å²) in [4.78, 5) is 38.5. The Morgan fingerprint density at radius 1 is 1.14 bits per heavy atom. The third-order valence-corrected chi connectivity index (χ3v) is 4.37. The summed E-state index contributed by atoms with van der Waals surface area (Å²) in [5.74, 6) is -0.952. The van der Waals surface area contributed by atoms with Crippen LogP contribution in [0, 0.1) is 5.92 Å². The fourth-order valence-corrected chi connectivity index (χ4v) is 3.07. The second-order valence-corrected chi connectivity index (χ2v) is 7.89. The molecule has 1 saturated heterocycles. The van der Waals surface area contributed by atoms with Gasteiger partial charge < -0.3 is 24.4 Å². The second-order valence-electron chi connectivity index (χ2n) is 7.89. The van der Waals surface area contributed by atoms with Gasteiger partial charge in [0.25, 0.3) is 0 Å². The molecular formula is C21H30N2O6. The van der Waals surface area contributed by atoms with Crippen LogP contribution in [-0.2, 0) is 25.6 Å². The van der Waals surface area contributed by atoms with Crippen molar-refractivity contribution in [2.45, 2.75) is 52.4 Å². The zero-order chi connectivity index (χ0) is 21.4. The second kappa shape index (κ2) is 10.1. The van der Waals surface area contributed by atoms with Gasteiger partial charge in [-0.15, -0.1) is 0 Å². The van der Waals surface area contributed by atoms with Crippen molar-refractivity contribution in [2.24, 2.45) is 5.92 Å². The summed E-state index contributed by atoms with van der Waals surface area (Å²) in [5, 5.41) is 2.71. The lowest BCUT2D eigenvalue weighted by Crippen LogP contribution is -2.56. The molecule has 0 spiro atoms. The van der Waals surface area contributed by atoms with E-state index in [9.17, 15) is 14.4 Å². The molecule has 29 heavy (non-hydrogen) atoms. The Labute approximate surface area is 171 Å². The van der Waals surface area contributed by atoms with E-state index in [0.29, 0.717) is 13.0 Å². The van der Waals surface area contributed by atoms with Gasteiger partial charge in [0.15, 0.2) is 0 Å². The number of benzene rings is 1. The first kappa shape index (κ1) is 22.5. The van der Waals surface area contributed by atoms with Crippen molar-refractivity contribution in [1.82, 2.24) is 10.2 Å². The highest BCUT2D eigenvalue weighted by Crippen LogP contribution is 2.21. The van der Waals surface area contributed by atoms with Crippen LogP contribution in [0.5, 0.6) is 0 Å². The van der Waals surface area contributed by atoms with Crippen LogP contribution in [0.2, 0.25) is 0 Å². The van der Waals surface area contributed by atoms with E-state index in [2.05, 4.69) is 5.32 Å². The van der Waals surface area contributed by atoms with E-state index in [1.54, 1.807) is 27.7 Å². The van der Waals surface area contributed by atoms with Crippen LogP contribution in [0.4, 0.5) is 9.59 Å². The summed E-state index contributed by atoms with van der Waals surface area (Å²) in [7, 11) is 0. The normalized spacial score (nSPS) is 19.2. The van der Waals surface area contributed by atoms with Gasteiger partial charge >= 0.3 is 18.2 Å². The summed E-state index contributed by atoms with van der Waals surface area (Å²) in [5.41, 5.74) is 0.206. The quantitative estimate of drug-likeness (QED) is 0.596. The summed E-state index contributed by atoms with van der Waals surface area (Å²) in [6.07, 6.45) is -0.775. The van der Waals surface area contributed by atoms with Gasteiger partial charge in [-0.2, -0.15) is 0 Å². The molecule has 8 nitrogen and oxygen atoms in total. The number of amides is 2. The molecule has 0 saturated carbocycles. The van der Waals surface area contributed by atoms with E-state index in [-0.39, 0.29) is 19.8 Å². The smallest absolute Gasteiger partial charge is 0.410 e. The average molecular weight is 406 g/mol. The molecule has 1 aliphatic rings. The summed E-state index contributed by atoms with van der Waals surface area (Å²) >= 11 is 0. The molecule has 2 rings (SSSR count). The first-order valence-corrected chi connectivity index (χ1v) is 9.81. The summed E-state index contributed by atoms with van der Waals surface area (Å²) in [6.45, 7) is 7.86. The molecule has 2 atom stereocenters. The minimum absolute atomic E-state index is 0.135. The lowest BCUT2D eigenvalue weighted by Gasteiger charge is -2.37. The van der Waals surface area contributed by atoms with Crippen LogP contribution in [-0.4, -0.2) is 54.4 Å². The van der Waals surface area contributed by atoms with Crippen molar-refractivity contribution >= 4 is 18.2 Å². The van der Waals surface area contributed by atoms with Crippen LogP contribution >= 0.6 is 0 Å². The number of ether oxygens (including phenoxy) is 3. The van der Waals surface area contributed by atoms with E-state index in [4.69, 9.17) is 14.2 Å². The van der Waals surface area contributed by atoms with Crippen molar-refractivity contribution in [3.8, 4) is 0 Å². The van der Waals surface area contributed by atoms with Crippen LogP contribution in [0.25, 0.3) is 0 Å². The molecule has 1 N–H and O–H groups in total. The van der Waals surface area contributed by atoms with Gasteiger partial charge in [0.2, 0.25) is 0 Å². The van der Waals surface area contributed by atoms with Crippen LogP contribution in [0.15, 0.2) is 30.3 Å². The minimum Gasteiger partial charge on any atom is -0.466 e. The SMILES string of the molecule is CCOC(=O)[C@@H]1CCN(C(=O)OCc2ccccc2)C[C@H]1NC(=O)OC(C)(C)C. The Balaban J connectivity index is 2.01. The Bertz CT molecular complexity index is 701. The van der Waals surface area contributed by atoms with Crippen molar-refractivity contribution in [1.29, 1.82) is 0 Å². The maximum absolute atomic E-state index is 12.5. The van der Waals surface area contributed by atoms with E-state index in [1.807, 2.05) is 30.3 Å². The fraction of sp³-hybridized carbons (Fsp3) is 0.571. The Hall–Kier alpha value is -2.77. The number of hydrogen-bond donors (Lipinski definition) is 1. The van der Waals surface area contributed by atoms with Gasteiger partial charge in [-0.05, 0) is 39.7 Å². The number of alkyl carbamates (subject to hydrolysis) is 1. The van der Waals surface area contributed by atoms with E-state index in [0.717, 1.165) is 5.56 Å². The number of nitrogens with zero attached hydrogens (tertiary/aromatic N) is 1. The largest absolute Gasteiger partial charge is 0.466 e. The zero-order valence-corrected chi connectivity index (χ0v) is 17.5. The van der Waals surface area contributed by atoms with Crippen molar-refractivity contribution in [3.63, 3.8) is 0 Å². The van der Waals surface area contributed by atoms with Gasteiger partial charge in [-0.25, -0.2) is 9.59 Å². The number of rotatable bonds is 5. The van der Waals surface area contributed by atoms with E-state index < -0.39 is 35.7 Å². The standard InChI is InChI=1S/C21H30N2O6/c1-5-27-18(24)16-11-12-23(13-17(16)22-19(25)29-21(2,3)4)20(26)28-14-15-9-7-6-8-10-15/h6-10,16-17H,5,11-14H2,1-4H3,(H,22,25)/t16-,17-/m1/s1. The van der Waals surface area contributed by atoms with Crippen LogP contribution < -0.4 is 5.32 Å². The van der Waals surface area contributed by atoms with Crippen molar-refractivity contribution < 1.29 is 28.6 Å². The van der Waals surface area contributed by atoms with Gasteiger partial charge in [0, 0.05) is 13.1 Å². The molecule has 1 fully saturated rings. The molecular weight excluding hydrogens is 376 g/mol. The third-order valence-electron chi connectivity index (χ3n) is 4.37. The van der Waals surface area contributed by atoms with E-state index in [1.165, 1.54) is 4.90 Å².